The average molecular weight is 237 g/mol. The number of anilines is 2. The molecule has 0 aliphatic rings. The van der Waals surface area contributed by atoms with Gasteiger partial charge in [0.05, 0.1) is 11.7 Å². The summed E-state index contributed by atoms with van der Waals surface area (Å²) in [6.07, 6.45) is 3.65. The molecule has 3 N–H and O–H groups in total. The van der Waals surface area contributed by atoms with Crippen molar-refractivity contribution in [3.8, 4) is 0 Å². The van der Waals surface area contributed by atoms with Crippen molar-refractivity contribution in [1.82, 2.24) is 14.8 Å². The van der Waals surface area contributed by atoms with Crippen molar-refractivity contribution in [2.24, 2.45) is 7.05 Å². The highest BCUT2D eigenvalue weighted by Gasteiger charge is 2.12. The van der Waals surface area contributed by atoms with Gasteiger partial charge in [0.2, 0.25) is 0 Å². The summed E-state index contributed by atoms with van der Waals surface area (Å²) >= 11 is 1.68. The van der Waals surface area contributed by atoms with Gasteiger partial charge >= 0.3 is 0 Å². The van der Waals surface area contributed by atoms with E-state index in [4.69, 9.17) is 5.73 Å². The molecule has 6 heteroatoms. The Morgan fingerprint density at radius 3 is 2.81 bits per heavy atom. The third-order valence-electron chi connectivity index (χ3n) is 2.22. The highest BCUT2D eigenvalue weighted by Crippen LogP contribution is 2.24. The molecule has 1 atom stereocenters. The molecule has 0 fully saturated rings. The molecule has 16 heavy (non-hydrogen) atoms. The van der Waals surface area contributed by atoms with Gasteiger partial charge in [-0.3, -0.25) is 4.68 Å². The second-order valence-corrected chi connectivity index (χ2v) is 5.05. The van der Waals surface area contributed by atoms with Crippen molar-refractivity contribution in [2.75, 3.05) is 11.1 Å². The van der Waals surface area contributed by atoms with E-state index in [1.165, 1.54) is 4.88 Å². The molecule has 0 bridgehead atoms. The van der Waals surface area contributed by atoms with E-state index in [1.54, 1.807) is 22.2 Å². The van der Waals surface area contributed by atoms with Crippen LogP contribution in [-0.2, 0) is 7.05 Å². The molecule has 1 unspecified atom stereocenters. The molecule has 2 rings (SSSR count). The maximum absolute atomic E-state index is 5.81. The second kappa shape index (κ2) is 4.13. The molecular weight excluding hydrogens is 222 g/mol. The number of rotatable bonds is 3. The zero-order valence-corrected chi connectivity index (χ0v) is 10.4. The predicted octanol–water partition coefficient (Wildman–Crippen LogP) is 1.94. The number of nitrogens with two attached hydrogens (primary N) is 1. The van der Waals surface area contributed by atoms with Gasteiger partial charge in [-0.1, -0.05) is 0 Å². The van der Waals surface area contributed by atoms with Crippen LogP contribution in [0, 0.1) is 6.92 Å². The van der Waals surface area contributed by atoms with Crippen LogP contribution in [0.15, 0.2) is 12.4 Å². The van der Waals surface area contributed by atoms with Crippen LogP contribution >= 0.6 is 11.3 Å². The smallest absolute Gasteiger partial charge is 0.171 e. The van der Waals surface area contributed by atoms with Gasteiger partial charge in [-0.2, -0.15) is 5.10 Å². The molecule has 2 aromatic rings. The van der Waals surface area contributed by atoms with Crippen LogP contribution < -0.4 is 11.1 Å². The molecule has 0 aliphatic heterocycles. The van der Waals surface area contributed by atoms with E-state index in [1.807, 2.05) is 27.1 Å². The third-order valence-corrected chi connectivity index (χ3v) is 3.32. The zero-order chi connectivity index (χ0) is 11.7. The molecule has 86 valence electrons. The number of hydrogen-bond donors (Lipinski definition) is 2. The zero-order valence-electron chi connectivity index (χ0n) is 9.56. The molecule has 5 nitrogen and oxygen atoms in total. The fraction of sp³-hybridized carbons (Fsp3) is 0.400. The monoisotopic (exact) mass is 237 g/mol. The van der Waals surface area contributed by atoms with Gasteiger partial charge in [0, 0.05) is 24.3 Å². The van der Waals surface area contributed by atoms with Crippen molar-refractivity contribution in [2.45, 2.75) is 19.9 Å². The first-order valence-corrected chi connectivity index (χ1v) is 5.86. The summed E-state index contributed by atoms with van der Waals surface area (Å²) in [5, 5.41) is 8.54. The van der Waals surface area contributed by atoms with E-state index < -0.39 is 0 Å². The van der Waals surface area contributed by atoms with Gasteiger partial charge in [-0.05, 0) is 13.8 Å². The van der Waals surface area contributed by atoms with Crippen LogP contribution in [0.4, 0.5) is 11.5 Å². The number of aromatic nitrogens is 3. The molecule has 0 aliphatic carbocycles. The topological polar surface area (TPSA) is 68.8 Å². The van der Waals surface area contributed by atoms with Gasteiger partial charge in [-0.25, -0.2) is 4.98 Å². The predicted molar refractivity (Wildman–Crippen MR) is 66.5 cm³/mol. The van der Waals surface area contributed by atoms with Gasteiger partial charge in [0.25, 0.3) is 0 Å². The first-order chi connectivity index (χ1) is 7.56. The van der Waals surface area contributed by atoms with Gasteiger partial charge in [-0.15, -0.1) is 11.3 Å². The van der Waals surface area contributed by atoms with Crippen LogP contribution in [0.5, 0.6) is 0 Å². The molecule has 2 aromatic heterocycles. The standard InChI is InChI=1S/C10H15N5S/c1-6-4-12-10(16-6)7(2)13-9-8(11)5-15(3)14-9/h4-5,7H,11H2,1-3H3,(H,13,14). The maximum Gasteiger partial charge on any atom is 0.171 e. The summed E-state index contributed by atoms with van der Waals surface area (Å²) in [6, 6.07) is 0.121. The number of thiazole rings is 1. The number of nitrogens with one attached hydrogen (secondary N) is 1. The number of hydrogen-bond acceptors (Lipinski definition) is 5. The van der Waals surface area contributed by atoms with Crippen molar-refractivity contribution >= 4 is 22.8 Å². The molecule has 0 amide bonds. The Morgan fingerprint density at radius 2 is 2.31 bits per heavy atom. The Hall–Kier alpha value is -1.56. The molecule has 0 saturated carbocycles. The lowest BCUT2D eigenvalue weighted by atomic mass is 10.3. The Bertz CT molecular complexity index is 487. The van der Waals surface area contributed by atoms with E-state index in [-0.39, 0.29) is 6.04 Å². The highest BCUT2D eigenvalue weighted by atomic mass is 32.1. The van der Waals surface area contributed by atoms with Gasteiger partial charge < -0.3 is 11.1 Å². The summed E-state index contributed by atoms with van der Waals surface area (Å²) in [7, 11) is 1.85. The van der Waals surface area contributed by atoms with Crippen molar-refractivity contribution < 1.29 is 0 Å². The van der Waals surface area contributed by atoms with Gasteiger partial charge in [0.15, 0.2) is 5.82 Å². The lowest BCUT2D eigenvalue weighted by Crippen LogP contribution is -2.08. The minimum atomic E-state index is 0.121. The summed E-state index contributed by atoms with van der Waals surface area (Å²) in [6.45, 7) is 4.09. The molecule has 0 spiro atoms. The quantitative estimate of drug-likeness (QED) is 0.856. The molecule has 0 aromatic carbocycles. The van der Waals surface area contributed by atoms with E-state index in [9.17, 15) is 0 Å². The molecule has 0 saturated heterocycles. The largest absolute Gasteiger partial charge is 0.394 e. The number of nitrogen functional groups attached to an aromatic ring is 1. The SMILES string of the molecule is Cc1cnc(C(C)Nc2nn(C)cc2N)s1. The molecular formula is C10H15N5S. The number of aryl methyl sites for hydroxylation is 2. The first kappa shape index (κ1) is 10.9. The fourth-order valence-corrected chi connectivity index (χ4v) is 2.23. The van der Waals surface area contributed by atoms with E-state index in [0.717, 1.165) is 5.01 Å². The Kier molecular flexibility index (Phi) is 2.82. The van der Waals surface area contributed by atoms with Crippen molar-refractivity contribution in [3.63, 3.8) is 0 Å². The maximum atomic E-state index is 5.81. The highest BCUT2D eigenvalue weighted by molar-refractivity contribution is 7.11. The second-order valence-electron chi connectivity index (χ2n) is 3.78. The van der Waals surface area contributed by atoms with E-state index in [0.29, 0.717) is 11.5 Å². The summed E-state index contributed by atoms with van der Waals surface area (Å²) in [5.41, 5.74) is 6.47. The minimum absolute atomic E-state index is 0.121. The van der Waals surface area contributed by atoms with Crippen LogP contribution in [0.3, 0.4) is 0 Å². The molecule has 0 radical (unpaired) electrons. The van der Waals surface area contributed by atoms with Crippen molar-refractivity contribution in [1.29, 1.82) is 0 Å². The fourth-order valence-electron chi connectivity index (χ4n) is 1.46. The van der Waals surface area contributed by atoms with Gasteiger partial charge in [0.1, 0.15) is 5.01 Å². The molecule has 2 heterocycles. The Balaban J connectivity index is 2.13. The lowest BCUT2D eigenvalue weighted by Gasteiger charge is -2.10. The average Bonchev–Trinajstić information content (AvgIpc) is 2.74. The van der Waals surface area contributed by atoms with Crippen LogP contribution in [0.1, 0.15) is 22.9 Å². The van der Waals surface area contributed by atoms with E-state index >= 15 is 0 Å². The third kappa shape index (κ3) is 2.16. The Labute approximate surface area is 98.3 Å². The van der Waals surface area contributed by atoms with Crippen LogP contribution in [-0.4, -0.2) is 14.8 Å². The van der Waals surface area contributed by atoms with Crippen LogP contribution in [0.2, 0.25) is 0 Å². The Morgan fingerprint density at radius 1 is 1.56 bits per heavy atom. The minimum Gasteiger partial charge on any atom is -0.394 e. The first-order valence-electron chi connectivity index (χ1n) is 5.04. The van der Waals surface area contributed by atoms with Crippen LogP contribution in [0.25, 0.3) is 0 Å². The summed E-state index contributed by atoms with van der Waals surface area (Å²) < 4.78 is 1.69. The van der Waals surface area contributed by atoms with Crippen molar-refractivity contribution in [3.05, 3.63) is 22.3 Å². The normalized spacial score (nSPS) is 12.7. The number of nitrogens with zero attached hydrogens (tertiary/aromatic N) is 3. The van der Waals surface area contributed by atoms with E-state index in [2.05, 4.69) is 15.4 Å². The summed E-state index contributed by atoms with van der Waals surface area (Å²) in [4.78, 5) is 5.54. The lowest BCUT2D eigenvalue weighted by molar-refractivity contribution is 0.759. The summed E-state index contributed by atoms with van der Waals surface area (Å²) in [5.74, 6) is 0.711.